The zero-order chi connectivity index (χ0) is 13.7. The molecule has 0 saturated carbocycles. The van der Waals surface area contributed by atoms with E-state index in [0.717, 1.165) is 5.56 Å². The van der Waals surface area contributed by atoms with Crippen molar-refractivity contribution in [1.29, 1.82) is 0 Å². The van der Waals surface area contributed by atoms with Crippen LogP contribution < -0.4 is 21.5 Å². The zero-order valence-corrected chi connectivity index (χ0v) is 12.6. The van der Waals surface area contributed by atoms with Gasteiger partial charge in [-0.05, 0) is 13.0 Å². The standard InChI is InChI=1S/C15H14N2O2.BrH/c1-12-5-7-13(8-6-12)15(18)11-17-9-3-2-4-14(17)10-16-19;/h2-10H,11H2,1H3;1H. The number of aryl methyl sites for hydroxylation is 1. The molecule has 0 aliphatic carbocycles. The number of pyridine rings is 1. The van der Waals surface area contributed by atoms with Crippen molar-refractivity contribution in [2.45, 2.75) is 13.5 Å². The lowest BCUT2D eigenvalue weighted by Gasteiger charge is -2.01. The van der Waals surface area contributed by atoms with E-state index in [4.69, 9.17) is 5.21 Å². The number of hydrogen-bond acceptors (Lipinski definition) is 3. The van der Waals surface area contributed by atoms with Gasteiger partial charge in [0.25, 0.3) is 0 Å². The van der Waals surface area contributed by atoms with E-state index in [1.807, 2.05) is 43.3 Å². The van der Waals surface area contributed by atoms with Crippen LogP contribution in [0.5, 0.6) is 0 Å². The van der Waals surface area contributed by atoms with Gasteiger partial charge in [-0.3, -0.25) is 4.79 Å². The Kier molecular flexibility index (Phi) is 6.06. The Morgan fingerprint density at radius 2 is 1.95 bits per heavy atom. The summed E-state index contributed by atoms with van der Waals surface area (Å²) in [6.45, 7) is 2.20. The summed E-state index contributed by atoms with van der Waals surface area (Å²) >= 11 is 0. The quantitative estimate of drug-likeness (QED) is 0.256. The van der Waals surface area contributed by atoms with E-state index in [2.05, 4.69) is 5.16 Å². The molecule has 0 atom stereocenters. The summed E-state index contributed by atoms with van der Waals surface area (Å²) in [6, 6.07) is 12.9. The second-order valence-corrected chi connectivity index (χ2v) is 4.29. The minimum absolute atomic E-state index is 0. The summed E-state index contributed by atoms with van der Waals surface area (Å²) in [6.07, 6.45) is 3.09. The second-order valence-electron chi connectivity index (χ2n) is 4.29. The molecule has 2 rings (SSSR count). The molecular weight excluding hydrogens is 320 g/mol. The monoisotopic (exact) mass is 334 g/mol. The van der Waals surface area contributed by atoms with Crippen LogP contribution in [0.15, 0.2) is 53.8 Å². The van der Waals surface area contributed by atoms with Gasteiger partial charge in [0.05, 0.1) is 0 Å². The lowest BCUT2D eigenvalue weighted by molar-refractivity contribution is -0.684. The summed E-state index contributed by atoms with van der Waals surface area (Å²) < 4.78 is 1.74. The highest BCUT2D eigenvalue weighted by atomic mass is 79.9. The molecule has 0 bridgehead atoms. The largest absolute Gasteiger partial charge is 1.00 e. The van der Waals surface area contributed by atoms with Gasteiger partial charge in [-0.25, -0.2) is 0 Å². The Morgan fingerprint density at radius 3 is 2.60 bits per heavy atom. The van der Waals surface area contributed by atoms with E-state index in [0.29, 0.717) is 11.3 Å². The molecular formula is C15H15BrN2O2. The van der Waals surface area contributed by atoms with E-state index in [1.54, 1.807) is 16.8 Å². The van der Waals surface area contributed by atoms with Crippen LogP contribution in [0.4, 0.5) is 0 Å². The fourth-order valence-corrected chi connectivity index (χ4v) is 1.80. The summed E-state index contributed by atoms with van der Waals surface area (Å²) in [5, 5.41) is 11.6. The van der Waals surface area contributed by atoms with Crippen molar-refractivity contribution in [1.82, 2.24) is 0 Å². The molecule has 1 heterocycles. The van der Waals surface area contributed by atoms with Gasteiger partial charge >= 0.3 is 0 Å². The van der Waals surface area contributed by atoms with E-state index in [1.165, 1.54) is 6.21 Å². The number of hydrogen-bond donors (Lipinski definition) is 1. The van der Waals surface area contributed by atoms with Crippen LogP contribution in [-0.2, 0) is 6.54 Å². The molecule has 104 valence electrons. The predicted molar refractivity (Wildman–Crippen MR) is 71.5 cm³/mol. The molecule has 0 aliphatic heterocycles. The van der Waals surface area contributed by atoms with Gasteiger partial charge in [0.1, 0.15) is 6.21 Å². The topological polar surface area (TPSA) is 53.5 Å². The van der Waals surface area contributed by atoms with Crippen LogP contribution in [-0.4, -0.2) is 17.2 Å². The average molecular weight is 335 g/mol. The Hall–Kier alpha value is -2.01. The Morgan fingerprint density at radius 1 is 1.25 bits per heavy atom. The van der Waals surface area contributed by atoms with Crippen molar-refractivity contribution < 1.29 is 31.6 Å². The molecule has 2 aromatic rings. The van der Waals surface area contributed by atoms with Crippen molar-refractivity contribution in [2.75, 3.05) is 0 Å². The summed E-state index contributed by atoms with van der Waals surface area (Å²) in [5.74, 6) is 0.0174. The lowest BCUT2D eigenvalue weighted by Crippen LogP contribution is -3.00. The molecule has 0 unspecified atom stereocenters. The fraction of sp³-hybridized carbons (Fsp3) is 0.133. The summed E-state index contributed by atoms with van der Waals surface area (Å²) in [7, 11) is 0. The molecule has 5 heteroatoms. The number of Topliss-reactive ketones (excluding diaryl/α,β-unsaturated/α-hetero) is 1. The number of benzene rings is 1. The molecule has 0 fully saturated rings. The van der Waals surface area contributed by atoms with Gasteiger partial charge in [0.2, 0.25) is 18.0 Å². The first-order valence-electron chi connectivity index (χ1n) is 5.96. The van der Waals surface area contributed by atoms with Crippen molar-refractivity contribution >= 4 is 12.0 Å². The third-order valence-electron chi connectivity index (χ3n) is 2.85. The van der Waals surface area contributed by atoms with Crippen LogP contribution in [0.2, 0.25) is 0 Å². The van der Waals surface area contributed by atoms with Crippen LogP contribution >= 0.6 is 0 Å². The van der Waals surface area contributed by atoms with Gasteiger partial charge in [-0.15, -0.1) is 0 Å². The molecule has 0 amide bonds. The lowest BCUT2D eigenvalue weighted by atomic mass is 10.1. The maximum atomic E-state index is 12.2. The van der Waals surface area contributed by atoms with Gasteiger partial charge in [0, 0.05) is 17.7 Å². The summed E-state index contributed by atoms with van der Waals surface area (Å²) in [5.41, 5.74) is 2.47. The molecule has 0 spiro atoms. The van der Waals surface area contributed by atoms with E-state index < -0.39 is 0 Å². The molecule has 1 aromatic carbocycles. The number of aromatic nitrogens is 1. The van der Waals surface area contributed by atoms with E-state index in [9.17, 15) is 4.79 Å². The highest BCUT2D eigenvalue weighted by Crippen LogP contribution is 2.04. The van der Waals surface area contributed by atoms with Gasteiger partial charge < -0.3 is 22.2 Å². The van der Waals surface area contributed by atoms with Crippen molar-refractivity contribution in [3.8, 4) is 0 Å². The van der Waals surface area contributed by atoms with Crippen molar-refractivity contribution in [3.63, 3.8) is 0 Å². The first-order valence-corrected chi connectivity index (χ1v) is 5.96. The fourth-order valence-electron chi connectivity index (χ4n) is 1.80. The smallest absolute Gasteiger partial charge is 0.227 e. The second kappa shape index (κ2) is 7.55. The SMILES string of the molecule is Cc1ccc(C(=O)C[n+]2ccccc2C=NO)cc1.[Br-]. The normalized spacial score (nSPS) is 10.2. The number of rotatable bonds is 4. The summed E-state index contributed by atoms with van der Waals surface area (Å²) in [4.78, 5) is 12.2. The molecule has 0 radical (unpaired) electrons. The third kappa shape index (κ3) is 3.99. The number of ketones is 1. The van der Waals surface area contributed by atoms with Crippen LogP contribution in [0, 0.1) is 6.92 Å². The third-order valence-corrected chi connectivity index (χ3v) is 2.85. The number of halogens is 1. The van der Waals surface area contributed by atoms with E-state index >= 15 is 0 Å². The predicted octanol–water partition coefficient (Wildman–Crippen LogP) is -1.02. The minimum Gasteiger partial charge on any atom is -1.00 e. The molecule has 0 saturated heterocycles. The highest BCUT2D eigenvalue weighted by Gasteiger charge is 2.14. The highest BCUT2D eigenvalue weighted by molar-refractivity contribution is 5.95. The van der Waals surface area contributed by atoms with Gasteiger partial charge in [-0.1, -0.05) is 35.0 Å². The minimum atomic E-state index is 0. The maximum absolute atomic E-state index is 12.2. The van der Waals surface area contributed by atoms with Crippen LogP contribution in [0.3, 0.4) is 0 Å². The number of carbonyl (C=O) groups excluding carboxylic acids is 1. The van der Waals surface area contributed by atoms with Crippen molar-refractivity contribution in [2.24, 2.45) is 5.16 Å². The molecule has 1 aromatic heterocycles. The van der Waals surface area contributed by atoms with Crippen LogP contribution in [0.25, 0.3) is 0 Å². The first-order chi connectivity index (χ1) is 9.20. The maximum Gasteiger partial charge on any atom is 0.227 e. The van der Waals surface area contributed by atoms with Crippen molar-refractivity contribution in [3.05, 3.63) is 65.5 Å². The molecule has 1 N–H and O–H groups in total. The Bertz CT molecular complexity index is 610. The van der Waals surface area contributed by atoms with Gasteiger partial charge in [0.15, 0.2) is 6.20 Å². The van der Waals surface area contributed by atoms with E-state index in [-0.39, 0.29) is 29.3 Å². The number of oxime groups is 1. The molecule has 4 nitrogen and oxygen atoms in total. The molecule has 20 heavy (non-hydrogen) atoms. The Labute approximate surface area is 128 Å². The number of carbonyl (C=O) groups is 1. The van der Waals surface area contributed by atoms with Gasteiger partial charge in [-0.2, -0.15) is 4.57 Å². The Balaban J connectivity index is 0.00000200. The van der Waals surface area contributed by atoms with Crippen LogP contribution in [0.1, 0.15) is 21.6 Å². The number of nitrogens with zero attached hydrogens (tertiary/aromatic N) is 2. The zero-order valence-electron chi connectivity index (χ0n) is 11.0. The molecule has 0 aliphatic rings. The first kappa shape index (κ1) is 16.0. The average Bonchev–Trinajstić information content (AvgIpc) is 2.42.